The van der Waals surface area contributed by atoms with Crippen LogP contribution in [0.25, 0.3) is 5.69 Å². The van der Waals surface area contributed by atoms with Crippen LogP contribution in [0.15, 0.2) is 99.6 Å². The SMILES string of the molecule is COc1ccc(-n2nc(Sc3ccc(Cl)cc3)cc(CC[C@@H](C)NC(=O)[C@H]3CNCC[C@H]3c3ccccc3)c2=O)cc1.Cl. The second-order valence-electron chi connectivity index (χ2n) is 10.5. The van der Waals surface area contributed by atoms with Crippen molar-refractivity contribution in [2.45, 2.75) is 48.1 Å². The van der Waals surface area contributed by atoms with Crippen molar-refractivity contribution in [1.82, 2.24) is 20.4 Å². The Hall–Kier alpha value is -3.30. The second-order valence-corrected chi connectivity index (χ2v) is 12.1. The quantitative estimate of drug-likeness (QED) is 0.212. The molecule has 0 saturated carbocycles. The summed E-state index contributed by atoms with van der Waals surface area (Å²) in [4.78, 5) is 28.0. The largest absolute Gasteiger partial charge is 0.497 e. The van der Waals surface area contributed by atoms with Crippen molar-refractivity contribution >= 4 is 41.7 Å². The molecule has 4 aromatic rings. The third kappa shape index (κ3) is 8.42. The minimum Gasteiger partial charge on any atom is -0.497 e. The van der Waals surface area contributed by atoms with E-state index in [1.807, 2.05) is 79.7 Å². The summed E-state index contributed by atoms with van der Waals surface area (Å²) in [5, 5.41) is 12.6. The fraction of sp³-hybridized carbons (Fsp3) is 0.303. The highest BCUT2D eigenvalue weighted by Crippen LogP contribution is 2.31. The number of carbonyl (C=O) groups is 1. The van der Waals surface area contributed by atoms with Crippen molar-refractivity contribution in [3.05, 3.63) is 111 Å². The maximum Gasteiger partial charge on any atom is 0.274 e. The van der Waals surface area contributed by atoms with E-state index in [-0.39, 0.29) is 41.8 Å². The summed E-state index contributed by atoms with van der Waals surface area (Å²) < 4.78 is 6.72. The first-order chi connectivity index (χ1) is 20.4. The summed E-state index contributed by atoms with van der Waals surface area (Å²) in [7, 11) is 1.60. The van der Waals surface area contributed by atoms with Gasteiger partial charge in [-0.25, -0.2) is 0 Å². The van der Waals surface area contributed by atoms with Crippen LogP contribution in [0.1, 0.15) is 36.8 Å². The van der Waals surface area contributed by atoms with E-state index in [0.29, 0.717) is 46.4 Å². The van der Waals surface area contributed by atoms with Gasteiger partial charge in [-0.1, -0.05) is 53.7 Å². The lowest BCUT2D eigenvalue weighted by Gasteiger charge is -2.32. The highest BCUT2D eigenvalue weighted by molar-refractivity contribution is 7.99. The molecule has 0 radical (unpaired) electrons. The van der Waals surface area contributed by atoms with Crippen LogP contribution in [0.3, 0.4) is 0 Å². The van der Waals surface area contributed by atoms with Gasteiger partial charge < -0.3 is 15.4 Å². The number of hydrogen-bond donors (Lipinski definition) is 2. The molecule has 3 atom stereocenters. The van der Waals surface area contributed by atoms with Crippen LogP contribution >= 0.6 is 35.8 Å². The Labute approximate surface area is 267 Å². The lowest BCUT2D eigenvalue weighted by atomic mass is 9.80. The molecule has 0 spiro atoms. The fourth-order valence-corrected chi connectivity index (χ4v) is 6.26. The average Bonchev–Trinajstić information content (AvgIpc) is 3.02. The maximum atomic E-state index is 13.6. The fourth-order valence-electron chi connectivity index (χ4n) is 5.30. The van der Waals surface area contributed by atoms with Crippen LogP contribution < -0.4 is 20.9 Å². The van der Waals surface area contributed by atoms with Crippen molar-refractivity contribution in [3.8, 4) is 11.4 Å². The van der Waals surface area contributed by atoms with Crippen molar-refractivity contribution in [2.24, 2.45) is 5.92 Å². The number of carbonyl (C=O) groups excluding carboxylic acids is 1. The number of amides is 1. The average molecular weight is 640 g/mol. The number of aryl methyl sites for hydroxylation is 1. The van der Waals surface area contributed by atoms with E-state index in [1.54, 1.807) is 7.11 Å². The number of ether oxygens (including phenoxy) is 1. The molecule has 1 amide bonds. The third-order valence-corrected chi connectivity index (χ3v) is 8.77. The van der Waals surface area contributed by atoms with Gasteiger partial charge in [0.2, 0.25) is 5.91 Å². The van der Waals surface area contributed by atoms with Crippen LogP contribution in [0.5, 0.6) is 5.75 Å². The minimum absolute atomic E-state index is 0. The van der Waals surface area contributed by atoms with E-state index in [2.05, 4.69) is 27.9 Å². The first-order valence-electron chi connectivity index (χ1n) is 14.2. The molecule has 43 heavy (non-hydrogen) atoms. The summed E-state index contributed by atoms with van der Waals surface area (Å²) in [5.41, 5.74) is 2.31. The Morgan fingerprint density at radius 1 is 1.12 bits per heavy atom. The molecule has 2 N–H and O–H groups in total. The Morgan fingerprint density at radius 3 is 2.53 bits per heavy atom. The number of benzene rings is 3. The zero-order chi connectivity index (χ0) is 29.5. The van der Waals surface area contributed by atoms with Gasteiger partial charge in [-0.05, 0) is 98.8 Å². The molecular weight excluding hydrogens is 603 g/mol. The predicted octanol–water partition coefficient (Wildman–Crippen LogP) is 6.30. The first kappa shape index (κ1) is 32.6. The summed E-state index contributed by atoms with van der Waals surface area (Å²) in [6, 6.07) is 26.8. The molecule has 5 rings (SSSR count). The predicted molar refractivity (Wildman–Crippen MR) is 175 cm³/mol. The molecule has 1 aliphatic heterocycles. The van der Waals surface area contributed by atoms with Crippen LogP contribution in [0, 0.1) is 5.92 Å². The molecule has 1 fully saturated rings. The topological polar surface area (TPSA) is 85.2 Å². The van der Waals surface area contributed by atoms with E-state index in [9.17, 15) is 9.59 Å². The van der Waals surface area contributed by atoms with E-state index < -0.39 is 0 Å². The smallest absolute Gasteiger partial charge is 0.274 e. The lowest BCUT2D eigenvalue weighted by molar-refractivity contribution is -0.126. The summed E-state index contributed by atoms with van der Waals surface area (Å²) in [6.07, 6.45) is 2.04. The van der Waals surface area contributed by atoms with E-state index in [0.717, 1.165) is 17.9 Å². The van der Waals surface area contributed by atoms with Gasteiger partial charge in [-0.2, -0.15) is 9.78 Å². The van der Waals surface area contributed by atoms with Gasteiger partial charge in [-0.3, -0.25) is 9.59 Å². The molecule has 2 heterocycles. The molecule has 3 aromatic carbocycles. The van der Waals surface area contributed by atoms with Gasteiger partial charge in [0.25, 0.3) is 5.56 Å². The first-order valence-corrected chi connectivity index (χ1v) is 15.4. The monoisotopic (exact) mass is 638 g/mol. The summed E-state index contributed by atoms with van der Waals surface area (Å²) in [6.45, 7) is 3.55. The number of nitrogens with zero attached hydrogens (tertiary/aromatic N) is 2. The van der Waals surface area contributed by atoms with Gasteiger partial charge in [0, 0.05) is 28.1 Å². The zero-order valence-electron chi connectivity index (χ0n) is 24.2. The zero-order valence-corrected chi connectivity index (χ0v) is 26.6. The Balaban J connectivity index is 0.00000423. The lowest BCUT2D eigenvalue weighted by Crippen LogP contribution is -2.47. The third-order valence-electron chi connectivity index (χ3n) is 7.60. The number of aromatic nitrogens is 2. The van der Waals surface area contributed by atoms with E-state index in [1.165, 1.54) is 22.0 Å². The Bertz CT molecular complexity index is 1550. The van der Waals surface area contributed by atoms with Gasteiger partial charge in [0.05, 0.1) is 18.7 Å². The van der Waals surface area contributed by atoms with Gasteiger partial charge >= 0.3 is 0 Å². The van der Waals surface area contributed by atoms with Crippen molar-refractivity contribution in [1.29, 1.82) is 0 Å². The molecule has 226 valence electrons. The van der Waals surface area contributed by atoms with Gasteiger partial charge in [0.15, 0.2) is 0 Å². The van der Waals surface area contributed by atoms with E-state index in [4.69, 9.17) is 16.3 Å². The molecule has 1 aliphatic rings. The highest BCUT2D eigenvalue weighted by Gasteiger charge is 2.32. The Kier molecular flexibility index (Phi) is 11.7. The molecule has 0 bridgehead atoms. The standard InChI is InChI=1S/C33H35ClN4O3S.ClH/c1-22(36-32(39)30-21-35-19-18-29(30)23-6-4-3-5-7-23)8-9-24-20-31(42-28-16-10-25(34)11-17-28)37-38(33(24)40)26-12-14-27(41-2)15-13-26;/h3-7,10-17,20,22,29-30,35H,8-9,18-19,21H2,1-2H3,(H,36,39);1H/t22-,29+,30+;/m1./s1. The molecular formula is C33H36Cl2N4O3S. The normalized spacial score (nSPS) is 17.0. The maximum absolute atomic E-state index is 13.6. The number of piperidine rings is 1. The van der Waals surface area contributed by atoms with Crippen LogP contribution in [0.4, 0.5) is 0 Å². The van der Waals surface area contributed by atoms with E-state index >= 15 is 0 Å². The summed E-state index contributed by atoms with van der Waals surface area (Å²) in [5.74, 6) is 0.794. The molecule has 1 aromatic heterocycles. The van der Waals surface area contributed by atoms with Gasteiger partial charge in [-0.15, -0.1) is 12.4 Å². The van der Waals surface area contributed by atoms with Crippen LogP contribution in [-0.2, 0) is 11.2 Å². The second kappa shape index (κ2) is 15.4. The van der Waals surface area contributed by atoms with Crippen molar-refractivity contribution < 1.29 is 9.53 Å². The number of rotatable bonds is 10. The van der Waals surface area contributed by atoms with Crippen LogP contribution in [0.2, 0.25) is 5.02 Å². The highest BCUT2D eigenvalue weighted by atomic mass is 35.5. The van der Waals surface area contributed by atoms with Crippen molar-refractivity contribution in [2.75, 3.05) is 20.2 Å². The molecule has 0 unspecified atom stereocenters. The summed E-state index contributed by atoms with van der Waals surface area (Å²) >= 11 is 7.54. The van der Waals surface area contributed by atoms with Crippen molar-refractivity contribution in [3.63, 3.8) is 0 Å². The van der Waals surface area contributed by atoms with Gasteiger partial charge in [0.1, 0.15) is 10.8 Å². The molecule has 10 heteroatoms. The van der Waals surface area contributed by atoms with Crippen LogP contribution in [-0.4, -0.2) is 41.9 Å². The number of hydrogen-bond acceptors (Lipinski definition) is 6. The molecule has 1 saturated heterocycles. The Morgan fingerprint density at radius 2 is 1.84 bits per heavy atom. The molecule has 7 nitrogen and oxygen atoms in total. The minimum atomic E-state index is -0.181. The number of methoxy groups -OCH3 is 1. The molecule has 0 aliphatic carbocycles. The number of nitrogens with one attached hydrogen (secondary N) is 2. The number of halogens is 2.